The maximum atomic E-state index is 13.3. The molecular formula is C22H20N4O3S. The zero-order valence-electron chi connectivity index (χ0n) is 16.3. The topological polar surface area (TPSA) is 95.2 Å². The lowest BCUT2D eigenvalue weighted by molar-refractivity contribution is -0.132. The molecular weight excluding hydrogens is 400 g/mol. The van der Waals surface area contributed by atoms with E-state index in [0.717, 1.165) is 48.8 Å². The van der Waals surface area contributed by atoms with E-state index in [4.69, 9.17) is 0 Å². The minimum absolute atomic E-state index is 0.0394. The van der Waals surface area contributed by atoms with Gasteiger partial charge in [-0.05, 0) is 55.2 Å². The first-order chi connectivity index (χ1) is 14.6. The minimum atomic E-state index is -1.000. The van der Waals surface area contributed by atoms with Crippen molar-refractivity contribution in [3.05, 3.63) is 62.0 Å². The number of aryl methyl sites for hydroxylation is 3. The number of hydrogen-bond acceptors (Lipinski definition) is 5. The van der Waals surface area contributed by atoms with E-state index in [0.29, 0.717) is 22.5 Å². The summed E-state index contributed by atoms with van der Waals surface area (Å²) in [5.74, 6) is 0.0728. The molecule has 3 amide bonds. The molecule has 3 aromatic rings. The maximum Gasteiger partial charge on any atom is 0.325 e. The summed E-state index contributed by atoms with van der Waals surface area (Å²) < 4.78 is 0. The van der Waals surface area contributed by atoms with Gasteiger partial charge in [0, 0.05) is 4.88 Å². The van der Waals surface area contributed by atoms with Crippen molar-refractivity contribution < 1.29 is 9.59 Å². The molecule has 0 bridgehead atoms. The van der Waals surface area contributed by atoms with E-state index in [1.807, 2.05) is 24.3 Å². The Morgan fingerprint density at radius 2 is 1.93 bits per heavy atom. The highest BCUT2D eigenvalue weighted by molar-refractivity contribution is 7.18. The molecule has 2 N–H and O–H groups in total. The molecule has 6 rings (SSSR count). The van der Waals surface area contributed by atoms with Gasteiger partial charge in [0.1, 0.15) is 16.2 Å². The molecule has 2 aliphatic carbocycles. The number of hydrogen-bond donors (Lipinski definition) is 2. The van der Waals surface area contributed by atoms with E-state index in [2.05, 4.69) is 15.3 Å². The van der Waals surface area contributed by atoms with Crippen LogP contribution in [0.1, 0.15) is 46.7 Å². The number of carbonyl (C=O) groups excluding carboxylic acids is 2. The zero-order valence-corrected chi connectivity index (χ0v) is 17.1. The highest BCUT2D eigenvalue weighted by atomic mass is 32.1. The van der Waals surface area contributed by atoms with Crippen LogP contribution in [0.15, 0.2) is 29.1 Å². The normalized spacial score (nSPS) is 22.6. The summed E-state index contributed by atoms with van der Waals surface area (Å²) in [6, 6.07) is 7.30. The summed E-state index contributed by atoms with van der Waals surface area (Å²) in [7, 11) is 0. The van der Waals surface area contributed by atoms with Crippen LogP contribution in [0, 0.1) is 0 Å². The Kier molecular flexibility index (Phi) is 3.71. The number of carbonyl (C=O) groups is 2. The van der Waals surface area contributed by atoms with Gasteiger partial charge in [-0.3, -0.25) is 14.5 Å². The quantitative estimate of drug-likeness (QED) is 0.623. The molecule has 3 heterocycles. The molecule has 2 aromatic heterocycles. The second-order valence-electron chi connectivity index (χ2n) is 8.29. The molecule has 1 aromatic carbocycles. The van der Waals surface area contributed by atoms with Gasteiger partial charge in [-0.15, -0.1) is 11.3 Å². The Morgan fingerprint density at radius 3 is 2.83 bits per heavy atom. The number of urea groups is 1. The van der Waals surface area contributed by atoms with Gasteiger partial charge >= 0.3 is 6.03 Å². The van der Waals surface area contributed by atoms with E-state index in [-0.39, 0.29) is 18.0 Å². The predicted octanol–water partition coefficient (Wildman–Crippen LogP) is 2.76. The van der Waals surface area contributed by atoms with Crippen LogP contribution in [0.3, 0.4) is 0 Å². The lowest BCUT2D eigenvalue weighted by atomic mass is 9.92. The van der Waals surface area contributed by atoms with Crippen molar-refractivity contribution in [2.24, 2.45) is 0 Å². The van der Waals surface area contributed by atoms with E-state index >= 15 is 0 Å². The van der Waals surface area contributed by atoms with Crippen LogP contribution < -0.4 is 10.9 Å². The van der Waals surface area contributed by atoms with Crippen molar-refractivity contribution in [2.75, 3.05) is 0 Å². The number of aromatic amines is 1. The van der Waals surface area contributed by atoms with Gasteiger partial charge in [-0.25, -0.2) is 9.78 Å². The van der Waals surface area contributed by atoms with Gasteiger partial charge in [-0.1, -0.05) is 24.3 Å². The first kappa shape index (κ1) is 17.8. The van der Waals surface area contributed by atoms with Gasteiger partial charge in [0.25, 0.3) is 11.5 Å². The Hall–Kier alpha value is -3.00. The number of aromatic nitrogens is 2. The predicted molar refractivity (Wildman–Crippen MR) is 112 cm³/mol. The van der Waals surface area contributed by atoms with Crippen molar-refractivity contribution >= 4 is 33.5 Å². The van der Waals surface area contributed by atoms with Gasteiger partial charge in [0.05, 0.1) is 11.9 Å². The van der Waals surface area contributed by atoms with Crippen molar-refractivity contribution in [3.8, 4) is 0 Å². The number of nitrogens with zero attached hydrogens (tertiary/aromatic N) is 2. The number of amides is 3. The Labute approximate surface area is 176 Å². The minimum Gasteiger partial charge on any atom is -0.319 e. The zero-order chi connectivity index (χ0) is 20.5. The molecule has 8 heteroatoms. The maximum absolute atomic E-state index is 13.3. The third kappa shape index (κ3) is 2.37. The van der Waals surface area contributed by atoms with E-state index in [1.165, 1.54) is 9.78 Å². The van der Waals surface area contributed by atoms with Gasteiger partial charge < -0.3 is 10.3 Å². The Balaban J connectivity index is 1.36. The molecule has 0 unspecified atom stereocenters. The SMILES string of the molecule is O=C1N[C@]2(CCc3ccccc32)C(=O)N1Cc1nc2sc3c(c2c(=O)[nH]1)CCCC3. The number of thiophene rings is 1. The highest BCUT2D eigenvalue weighted by Gasteiger charge is 2.55. The first-order valence-corrected chi connectivity index (χ1v) is 11.1. The average molecular weight is 420 g/mol. The summed E-state index contributed by atoms with van der Waals surface area (Å²) in [5.41, 5.74) is 1.90. The van der Waals surface area contributed by atoms with Crippen LogP contribution in [0.2, 0.25) is 0 Å². The van der Waals surface area contributed by atoms with Crippen molar-refractivity contribution in [3.63, 3.8) is 0 Å². The smallest absolute Gasteiger partial charge is 0.319 e. The van der Waals surface area contributed by atoms with Crippen LogP contribution in [0.4, 0.5) is 4.79 Å². The molecule has 1 atom stereocenters. The second-order valence-corrected chi connectivity index (χ2v) is 9.37. The highest BCUT2D eigenvalue weighted by Crippen LogP contribution is 2.41. The fourth-order valence-electron chi connectivity index (χ4n) is 5.17. The molecule has 1 fully saturated rings. The second kappa shape index (κ2) is 6.25. The fourth-order valence-corrected chi connectivity index (χ4v) is 6.45. The lowest BCUT2D eigenvalue weighted by Crippen LogP contribution is -2.41. The number of benzene rings is 1. The van der Waals surface area contributed by atoms with Crippen LogP contribution in [0.25, 0.3) is 10.2 Å². The molecule has 1 saturated heterocycles. The molecule has 30 heavy (non-hydrogen) atoms. The average Bonchev–Trinajstić information content (AvgIpc) is 3.37. The van der Waals surface area contributed by atoms with Crippen LogP contribution in [0.5, 0.6) is 0 Å². The molecule has 1 aliphatic heterocycles. The molecule has 152 valence electrons. The van der Waals surface area contributed by atoms with Gasteiger partial charge in [0.15, 0.2) is 0 Å². The number of nitrogens with one attached hydrogen (secondary N) is 2. The Morgan fingerprint density at radius 1 is 1.10 bits per heavy atom. The van der Waals surface area contributed by atoms with Gasteiger partial charge in [-0.2, -0.15) is 0 Å². The summed E-state index contributed by atoms with van der Waals surface area (Å²) in [6.45, 7) is -0.0394. The van der Waals surface area contributed by atoms with Crippen LogP contribution in [-0.4, -0.2) is 26.8 Å². The van der Waals surface area contributed by atoms with Crippen molar-refractivity contribution in [1.82, 2.24) is 20.2 Å². The van der Waals surface area contributed by atoms with E-state index < -0.39 is 11.6 Å². The van der Waals surface area contributed by atoms with Crippen molar-refractivity contribution in [1.29, 1.82) is 0 Å². The first-order valence-electron chi connectivity index (χ1n) is 10.3. The Bertz CT molecular complexity index is 1290. The number of imide groups is 1. The molecule has 1 spiro atoms. The monoisotopic (exact) mass is 420 g/mol. The molecule has 7 nitrogen and oxygen atoms in total. The third-order valence-corrected chi connectivity index (χ3v) is 7.79. The van der Waals surface area contributed by atoms with Gasteiger partial charge in [0.2, 0.25) is 0 Å². The largest absolute Gasteiger partial charge is 0.325 e. The summed E-state index contributed by atoms with van der Waals surface area (Å²) >= 11 is 1.56. The summed E-state index contributed by atoms with van der Waals surface area (Å²) in [6.07, 6.45) is 5.42. The molecule has 0 radical (unpaired) electrons. The van der Waals surface area contributed by atoms with E-state index in [1.54, 1.807) is 11.3 Å². The van der Waals surface area contributed by atoms with Crippen LogP contribution in [-0.2, 0) is 36.1 Å². The molecule has 3 aliphatic rings. The summed E-state index contributed by atoms with van der Waals surface area (Å²) in [4.78, 5) is 49.4. The standard InChI is InChI=1S/C22H20N4O3S/c27-18-17-13-6-2-4-8-15(13)30-19(17)24-16(23-18)11-26-20(28)22(25-21(26)29)10-9-12-5-1-3-7-14(12)22/h1,3,5,7H,2,4,6,8-11H2,(H,25,29)(H,23,24,27)/t22-/m0/s1. The van der Waals surface area contributed by atoms with Crippen molar-refractivity contribution in [2.45, 2.75) is 50.6 Å². The number of H-pyrrole nitrogens is 1. The number of fused-ring (bicyclic) bond motifs is 5. The number of rotatable bonds is 2. The lowest BCUT2D eigenvalue weighted by Gasteiger charge is -2.22. The molecule has 0 saturated carbocycles. The van der Waals surface area contributed by atoms with Crippen LogP contribution >= 0.6 is 11.3 Å². The summed E-state index contributed by atoms with van der Waals surface area (Å²) in [5, 5.41) is 3.59. The van der Waals surface area contributed by atoms with E-state index in [9.17, 15) is 14.4 Å². The third-order valence-electron chi connectivity index (χ3n) is 6.60. The fraction of sp³-hybridized carbons (Fsp3) is 0.364.